The van der Waals surface area contributed by atoms with Crippen molar-refractivity contribution in [1.82, 2.24) is 35.5 Å². The number of halogens is 7. The lowest BCUT2D eigenvalue weighted by atomic mass is 9.81. The van der Waals surface area contributed by atoms with E-state index in [-0.39, 0.29) is 55.1 Å². The molecule has 2 aliphatic carbocycles. The summed E-state index contributed by atoms with van der Waals surface area (Å²) < 4.78 is 94.2. The highest BCUT2D eigenvalue weighted by Crippen LogP contribution is 2.42. The van der Waals surface area contributed by atoms with Gasteiger partial charge in [0, 0.05) is 12.8 Å². The van der Waals surface area contributed by atoms with Gasteiger partial charge in [-0.3, -0.25) is 9.59 Å². The Bertz CT molecular complexity index is 1410. The fraction of sp³-hybridized carbons (Fsp3) is 0.615. The van der Waals surface area contributed by atoms with E-state index in [2.05, 4.69) is 35.7 Å². The lowest BCUT2D eigenvalue weighted by Crippen LogP contribution is -2.47. The van der Waals surface area contributed by atoms with Gasteiger partial charge in [0.05, 0.1) is 30.6 Å². The van der Waals surface area contributed by atoms with E-state index in [1.807, 2.05) is 0 Å². The molecule has 5 rings (SSSR count). The SMILES string of the molecule is CC(F)F.Cc1nonc1C(=O)NC(c1cn2ncc(CC(=O)NC(C3CC3)C(F)(F)F)cc2n1)C1CCC(F)(F)CC1. The summed E-state index contributed by atoms with van der Waals surface area (Å²) in [6.07, 6.45) is -3.70. The van der Waals surface area contributed by atoms with Gasteiger partial charge in [-0.05, 0) is 68.2 Å². The number of amides is 2. The summed E-state index contributed by atoms with van der Waals surface area (Å²) in [6, 6.07) is -1.13. The molecule has 2 fully saturated rings. The van der Waals surface area contributed by atoms with Crippen LogP contribution in [-0.2, 0) is 11.2 Å². The molecule has 10 nitrogen and oxygen atoms in total. The van der Waals surface area contributed by atoms with Crippen LogP contribution in [0.15, 0.2) is 23.1 Å². The number of rotatable bonds is 8. The van der Waals surface area contributed by atoms with E-state index in [0.29, 0.717) is 24.1 Å². The van der Waals surface area contributed by atoms with Crippen molar-refractivity contribution in [1.29, 1.82) is 0 Å². The van der Waals surface area contributed by atoms with Crippen LogP contribution in [0.2, 0.25) is 0 Å². The number of nitrogens with zero attached hydrogens (tertiary/aromatic N) is 5. The number of hydrogen-bond acceptors (Lipinski definition) is 7. The van der Waals surface area contributed by atoms with Gasteiger partial charge in [0.1, 0.15) is 11.7 Å². The molecule has 0 aromatic carbocycles. The molecular formula is C26H30F7N7O3. The first-order valence-electron chi connectivity index (χ1n) is 13.6. The van der Waals surface area contributed by atoms with E-state index >= 15 is 0 Å². The standard InChI is InChI=1S/C24H26F5N7O3.C2H4F2/c1-12-19(35-39-34-12)22(38)33-20(14-4-6-23(25,26)7-5-14)16-11-36-17(31-16)8-13(10-30-36)9-18(37)32-21(15-2-3-15)24(27,28)29;1-2(3)4/h8,10-11,14-15,20-21H,2-7,9H2,1H3,(H,32,37)(H,33,38);2H,1H3. The molecule has 2 aliphatic rings. The van der Waals surface area contributed by atoms with Crippen molar-refractivity contribution in [2.45, 2.75) is 89.4 Å². The van der Waals surface area contributed by atoms with Crippen LogP contribution in [0.1, 0.15) is 78.9 Å². The van der Waals surface area contributed by atoms with Crippen LogP contribution in [0.3, 0.4) is 0 Å². The maximum atomic E-state index is 13.8. The van der Waals surface area contributed by atoms with Gasteiger partial charge in [0.15, 0.2) is 11.3 Å². The molecule has 3 aromatic rings. The molecule has 3 heterocycles. The Morgan fingerprint density at radius 1 is 1.09 bits per heavy atom. The Morgan fingerprint density at radius 3 is 2.30 bits per heavy atom. The summed E-state index contributed by atoms with van der Waals surface area (Å²) in [5.41, 5.74) is 1.20. The Hall–Kier alpha value is -3.79. The maximum absolute atomic E-state index is 13.8. The minimum atomic E-state index is -4.53. The normalized spacial score (nSPS) is 18.6. The van der Waals surface area contributed by atoms with E-state index in [9.17, 15) is 40.3 Å². The minimum Gasteiger partial charge on any atom is -0.344 e. The molecule has 2 atom stereocenters. The highest BCUT2D eigenvalue weighted by Gasteiger charge is 2.49. The Labute approximate surface area is 240 Å². The summed E-state index contributed by atoms with van der Waals surface area (Å²) in [4.78, 5) is 29.8. The number of alkyl halides is 7. The van der Waals surface area contributed by atoms with Crippen molar-refractivity contribution >= 4 is 17.5 Å². The summed E-state index contributed by atoms with van der Waals surface area (Å²) in [5.74, 6) is -5.13. The molecular weight excluding hydrogens is 591 g/mol. The zero-order valence-electron chi connectivity index (χ0n) is 23.2. The van der Waals surface area contributed by atoms with Crippen molar-refractivity contribution in [3.05, 3.63) is 41.1 Å². The monoisotopic (exact) mass is 621 g/mol. The first-order chi connectivity index (χ1) is 20.1. The third-order valence-electron chi connectivity index (χ3n) is 7.23. The van der Waals surface area contributed by atoms with Crippen LogP contribution < -0.4 is 10.6 Å². The quantitative estimate of drug-likeness (QED) is 0.340. The number of carbonyl (C=O) groups excluding carboxylic acids is 2. The van der Waals surface area contributed by atoms with Crippen LogP contribution in [-0.4, -0.2) is 61.3 Å². The molecule has 0 saturated heterocycles. The molecule has 2 amide bonds. The lowest BCUT2D eigenvalue weighted by Gasteiger charge is -2.33. The van der Waals surface area contributed by atoms with Crippen molar-refractivity contribution in [2.75, 3.05) is 0 Å². The first-order valence-corrected chi connectivity index (χ1v) is 13.6. The van der Waals surface area contributed by atoms with Crippen molar-refractivity contribution < 1.29 is 45.0 Å². The Balaban J connectivity index is 0.000000996. The largest absolute Gasteiger partial charge is 0.408 e. The third kappa shape index (κ3) is 8.63. The number of imidazole rings is 1. The van der Waals surface area contributed by atoms with E-state index in [4.69, 9.17) is 0 Å². The van der Waals surface area contributed by atoms with Gasteiger partial charge in [0.2, 0.25) is 18.3 Å². The average Bonchev–Trinajstić information content (AvgIpc) is 3.50. The summed E-state index contributed by atoms with van der Waals surface area (Å²) in [5, 5.41) is 16.3. The molecule has 0 bridgehead atoms. The third-order valence-corrected chi connectivity index (χ3v) is 7.23. The van der Waals surface area contributed by atoms with Crippen LogP contribution in [0.5, 0.6) is 0 Å². The van der Waals surface area contributed by atoms with Gasteiger partial charge >= 0.3 is 6.18 Å². The Morgan fingerprint density at radius 2 is 1.74 bits per heavy atom. The molecule has 0 radical (unpaired) electrons. The number of carbonyl (C=O) groups is 2. The lowest BCUT2D eigenvalue weighted by molar-refractivity contribution is -0.165. The molecule has 2 N–H and O–H groups in total. The average molecular weight is 622 g/mol. The number of fused-ring (bicyclic) bond motifs is 1. The second-order valence-corrected chi connectivity index (χ2v) is 10.8. The highest BCUT2D eigenvalue weighted by atomic mass is 19.4. The van der Waals surface area contributed by atoms with Gasteiger partial charge < -0.3 is 10.6 Å². The van der Waals surface area contributed by atoms with Crippen molar-refractivity contribution in [2.24, 2.45) is 11.8 Å². The van der Waals surface area contributed by atoms with E-state index in [0.717, 1.165) is 6.92 Å². The van der Waals surface area contributed by atoms with E-state index < -0.39 is 48.3 Å². The highest BCUT2D eigenvalue weighted by molar-refractivity contribution is 5.93. The van der Waals surface area contributed by atoms with Crippen molar-refractivity contribution in [3.63, 3.8) is 0 Å². The summed E-state index contributed by atoms with van der Waals surface area (Å²) in [6.45, 7) is 2.37. The van der Waals surface area contributed by atoms with Gasteiger partial charge in [0.25, 0.3) is 5.91 Å². The van der Waals surface area contributed by atoms with E-state index in [1.165, 1.54) is 29.9 Å². The Kier molecular flexibility index (Phi) is 9.59. The summed E-state index contributed by atoms with van der Waals surface area (Å²) in [7, 11) is 0. The number of nitrogens with one attached hydrogen (secondary N) is 2. The topological polar surface area (TPSA) is 127 Å². The molecule has 43 heavy (non-hydrogen) atoms. The molecule has 0 aliphatic heterocycles. The molecule has 2 saturated carbocycles. The van der Waals surface area contributed by atoms with Crippen LogP contribution in [0, 0.1) is 18.8 Å². The second-order valence-electron chi connectivity index (χ2n) is 10.8. The van der Waals surface area contributed by atoms with Gasteiger partial charge in [-0.25, -0.2) is 31.7 Å². The molecule has 3 aromatic heterocycles. The maximum Gasteiger partial charge on any atom is 0.408 e. The predicted molar refractivity (Wildman–Crippen MR) is 135 cm³/mol. The van der Waals surface area contributed by atoms with Gasteiger partial charge in [-0.1, -0.05) is 5.16 Å². The second kappa shape index (κ2) is 12.8. The number of aromatic nitrogens is 5. The van der Waals surface area contributed by atoms with Crippen LogP contribution >= 0.6 is 0 Å². The molecule has 0 spiro atoms. The number of hydrogen-bond donors (Lipinski definition) is 2. The number of aryl methyl sites for hydroxylation is 1. The molecule has 236 valence electrons. The fourth-order valence-corrected chi connectivity index (χ4v) is 4.96. The first kappa shape index (κ1) is 32.1. The zero-order valence-corrected chi connectivity index (χ0v) is 23.2. The van der Waals surface area contributed by atoms with Crippen molar-refractivity contribution in [3.8, 4) is 0 Å². The summed E-state index contributed by atoms with van der Waals surface area (Å²) >= 11 is 0. The minimum absolute atomic E-state index is 0.0420. The fourth-order valence-electron chi connectivity index (χ4n) is 4.96. The zero-order chi connectivity index (χ0) is 31.5. The molecule has 2 unspecified atom stereocenters. The van der Waals surface area contributed by atoms with Crippen LogP contribution in [0.4, 0.5) is 30.7 Å². The van der Waals surface area contributed by atoms with Gasteiger partial charge in [-0.2, -0.15) is 18.3 Å². The van der Waals surface area contributed by atoms with Crippen LogP contribution in [0.25, 0.3) is 5.65 Å². The molecule has 17 heteroatoms. The van der Waals surface area contributed by atoms with Gasteiger partial charge in [-0.15, -0.1) is 0 Å². The smallest absolute Gasteiger partial charge is 0.344 e. The van der Waals surface area contributed by atoms with E-state index in [1.54, 1.807) is 0 Å². The predicted octanol–water partition coefficient (Wildman–Crippen LogP) is 4.99.